The molecule has 8 nitrogen and oxygen atoms in total. The van der Waals surface area contributed by atoms with Crippen molar-refractivity contribution >= 4 is 27.3 Å². The van der Waals surface area contributed by atoms with Gasteiger partial charge in [0, 0.05) is 17.7 Å². The van der Waals surface area contributed by atoms with E-state index in [0.29, 0.717) is 61.5 Å². The Balaban J connectivity index is 1.20. The Hall–Kier alpha value is -4.78. The van der Waals surface area contributed by atoms with Gasteiger partial charge in [0.2, 0.25) is 4.96 Å². The fourth-order valence-corrected chi connectivity index (χ4v) is 4.99. The minimum Gasteiger partial charge on any atom is -0.496 e. The summed E-state index contributed by atoms with van der Waals surface area (Å²) >= 11 is 1.30. The predicted molar refractivity (Wildman–Crippen MR) is 146 cm³/mol. The fraction of sp³-hybridized carbons (Fsp3) is 0.172. The molecule has 0 unspecified atom stereocenters. The van der Waals surface area contributed by atoms with Crippen molar-refractivity contribution in [2.24, 2.45) is 0 Å². The first kappa shape index (κ1) is 27.4. The molecule has 0 radical (unpaired) electrons. The number of aromatic nitrogens is 3. The Morgan fingerprint density at radius 3 is 2.52 bits per heavy atom. The Kier molecular flexibility index (Phi) is 7.11. The highest BCUT2D eigenvalue weighted by atomic mass is 32.1. The Morgan fingerprint density at radius 1 is 0.929 bits per heavy atom. The number of imidazole rings is 1. The quantitative estimate of drug-likeness (QED) is 0.159. The second-order valence-electron chi connectivity index (χ2n) is 9.07. The van der Waals surface area contributed by atoms with Crippen molar-refractivity contribution in [2.45, 2.75) is 19.4 Å². The van der Waals surface area contributed by atoms with Crippen molar-refractivity contribution in [3.8, 4) is 33.9 Å². The maximum absolute atomic E-state index is 14.4. The zero-order valence-corrected chi connectivity index (χ0v) is 22.9. The molecular formula is C29H21F4N3O5S. The van der Waals surface area contributed by atoms with Gasteiger partial charge in [-0.1, -0.05) is 24.3 Å². The van der Waals surface area contributed by atoms with Gasteiger partial charge in [0.1, 0.15) is 47.6 Å². The predicted octanol–water partition coefficient (Wildman–Crippen LogP) is 7.54. The van der Waals surface area contributed by atoms with E-state index in [4.69, 9.17) is 23.4 Å². The van der Waals surface area contributed by atoms with E-state index < -0.39 is 17.6 Å². The standard InChI is InChI=1S/C29H21F4N3O5S/c1-37-19-10-23(20-12-25(41-24(20)11-19)22-13-36-27(34-22)42-28(35-36)38-2)40-14-16-5-3-7-18(9-16)39-15-17-6-4-8-21(26(17)30)29(31,32)33/h3-13H,14-15H2,1-2H3. The molecule has 3 aromatic carbocycles. The van der Waals surface area contributed by atoms with Gasteiger partial charge in [0.25, 0.3) is 5.19 Å². The average Bonchev–Trinajstić information content (AvgIpc) is 3.68. The largest absolute Gasteiger partial charge is 0.496 e. The van der Waals surface area contributed by atoms with Gasteiger partial charge in [-0.05, 0) is 41.2 Å². The van der Waals surface area contributed by atoms with Crippen LogP contribution in [0.3, 0.4) is 0 Å². The first-order valence-corrected chi connectivity index (χ1v) is 13.2. The van der Waals surface area contributed by atoms with Gasteiger partial charge in [-0.3, -0.25) is 0 Å². The molecule has 6 rings (SSSR count). The molecule has 0 saturated carbocycles. The van der Waals surface area contributed by atoms with E-state index in [1.807, 2.05) is 6.07 Å². The molecule has 3 heterocycles. The highest BCUT2D eigenvalue weighted by molar-refractivity contribution is 7.18. The molecule has 6 aromatic rings. The summed E-state index contributed by atoms with van der Waals surface area (Å²) in [5.74, 6) is 0.530. The van der Waals surface area contributed by atoms with Crippen LogP contribution in [-0.4, -0.2) is 28.8 Å². The number of hydrogen-bond acceptors (Lipinski definition) is 8. The summed E-state index contributed by atoms with van der Waals surface area (Å²) in [6.45, 7) is -0.246. The number of hydrogen-bond donors (Lipinski definition) is 0. The smallest absolute Gasteiger partial charge is 0.419 e. The number of furan rings is 1. The zero-order valence-electron chi connectivity index (χ0n) is 22.1. The molecule has 0 fully saturated rings. The molecule has 0 atom stereocenters. The summed E-state index contributed by atoms with van der Waals surface area (Å²) in [5, 5.41) is 5.47. The van der Waals surface area contributed by atoms with Crippen LogP contribution in [-0.2, 0) is 19.4 Å². The summed E-state index contributed by atoms with van der Waals surface area (Å²) in [7, 11) is 3.07. The second-order valence-corrected chi connectivity index (χ2v) is 9.99. The van der Waals surface area contributed by atoms with Gasteiger partial charge in [-0.2, -0.15) is 13.2 Å². The molecule has 13 heteroatoms. The minimum atomic E-state index is -4.79. The molecule has 0 N–H and O–H groups in total. The van der Waals surface area contributed by atoms with E-state index in [-0.39, 0.29) is 18.8 Å². The lowest BCUT2D eigenvalue weighted by Gasteiger charge is -2.13. The van der Waals surface area contributed by atoms with Crippen LogP contribution in [0.5, 0.6) is 22.4 Å². The van der Waals surface area contributed by atoms with E-state index in [1.54, 1.807) is 54.2 Å². The summed E-state index contributed by atoms with van der Waals surface area (Å²) in [6.07, 6.45) is -3.06. The van der Waals surface area contributed by atoms with E-state index in [2.05, 4.69) is 10.1 Å². The minimum absolute atomic E-state index is 0.127. The number of alkyl halides is 3. The van der Waals surface area contributed by atoms with Crippen LogP contribution in [0.25, 0.3) is 27.4 Å². The lowest BCUT2D eigenvalue weighted by atomic mass is 10.1. The number of fused-ring (bicyclic) bond motifs is 2. The van der Waals surface area contributed by atoms with Crippen molar-refractivity contribution in [3.05, 3.63) is 89.4 Å². The lowest BCUT2D eigenvalue weighted by Crippen LogP contribution is -2.11. The molecule has 0 aliphatic carbocycles. The maximum atomic E-state index is 14.4. The van der Waals surface area contributed by atoms with Gasteiger partial charge in [-0.25, -0.2) is 13.9 Å². The van der Waals surface area contributed by atoms with Gasteiger partial charge in [0.05, 0.1) is 31.4 Å². The third-order valence-electron chi connectivity index (χ3n) is 6.33. The topological polar surface area (TPSA) is 80.2 Å². The van der Waals surface area contributed by atoms with Crippen molar-refractivity contribution < 1.29 is 40.9 Å². The molecule has 0 spiro atoms. The molecule has 3 aromatic heterocycles. The SMILES string of the molecule is COc1cc(OCc2cccc(OCc3cccc(C(F)(F)F)c3F)c2)c2cc(-c3cn4nc(OC)sc4n3)oc2c1. The first-order chi connectivity index (χ1) is 20.2. The summed E-state index contributed by atoms with van der Waals surface area (Å²) in [5.41, 5.74) is 0.294. The van der Waals surface area contributed by atoms with E-state index >= 15 is 0 Å². The number of methoxy groups -OCH3 is 2. The van der Waals surface area contributed by atoms with Crippen molar-refractivity contribution in [3.63, 3.8) is 0 Å². The second kappa shape index (κ2) is 10.9. The molecule has 216 valence electrons. The number of rotatable bonds is 9. The summed E-state index contributed by atoms with van der Waals surface area (Å²) in [4.78, 5) is 5.21. The van der Waals surface area contributed by atoms with Gasteiger partial charge < -0.3 is 23.4 Å². The van der Waals surface area contributed by atoms with Crippen LogP contribution in [0.4, 0.5) is 17.6 Å². The third kappa shape index (κ3) is 5.42. The fourth-order valence-electron chi connectivity index (χ4n) is 4.29. The first-order valence-electron chi connectivity index (χ1n) is 12.4. The van der Waals surface area contributed by atoms with Crippen molar-refractivity contribution in [1.82, 2.24) is 14.6 Å². The molecule has 0 aliphatic rings. The van der Waals surface area contributed by atoms with Gasteiger partial charge in [-0.15, -0.1) is 5.10 Å². The number of benzene rings is 3. The molecule has 0 amide bonds. The Labute approximate surface area is 239 Å². The van der Waals surface area contributed by atoms with Gasteiger partial charge in [0.15, 0.2) is 5.76 Å². The average molecular weight is 600 g/mol. The maximum Gasteiger partial charge on any atom is 0.419 e. The monoisotopic (exact) mass is 599 g/mol. The third-order valence-corrected chi connectivity index (χ3v) is 7.22. The zero-order chi connectivity index (χ0) is 29.4. The number of halogens is 4. The summed E-state index contributed by atoms with van der Waals surface area (Å²) in [6, 6.07) is 15.2. The van der Waals surface area contributed by atoms with Crippen LogP contribution in [0.15, 0.2) is 71.3 Å². The highest BCUT2D eigenvalue weighted by Crippen LogP contribution is 2.38. The van der Waals surface area contributed by atoms with Gasteiger partial charge >= 0.3 is 6.18 Å². The van der Waals surface area contributed by atoms with Crippen LogP contribution >= 0.6 is 11.3 Å². The van der Waals surface area contributed by atoms with E-state index in [0.717, 1.165) is 6.07 Å². The lowest BCUT2D eigenvalue weighted by molar-refractivity contribution is -0.140. The summed E-state index contributed by atoms with van der Waals surface area (Å²) < 4.78 is 83.5. The van der Waals surface area contributed by atoms with Crippen LogP contribution in [0.1, 0.15) is 16.7 Å². The van der Waals surface area contributed by atoms with Crippen LogP contribution in [0, 0.1) is 5.82 Å². The van der Waals surface area contributed by atoms with E-state index in [9.17, 15) is 17.6 Å². The molecule has 0 aliphatic heterocycles. The van der Waals surface area contributed by atoms with E-state index in [1.165, 1.54) is 24.5 Å². The molecular weight excluding hydrogens is 578 g/mol. The molecule has 0 bridgehead atoms. The van der Waals surface area contributed by atoms with Crippen molar-refractivity contribution in [2.75, 3.05) is 14.2 Å². The highest BCUT2D eigenvalue weighted by Gasteiger charge is 2.34. The Morgan fingerprint density at radius 2 is 1.76 bits per heavy atom. The molecule has 0 saturated heterocycles. The Bertz CT molecular complexity index is 1860. The normalized spacial score (nSPS) is 11.8. The molecule has 42 heavy (non-hydrogen) atoms. The van der Waals surface area contributed by atoms with Crippen LogP contribution in [0.2, 0.25) is 0 Å². The number of nitrogens with zero attached hydrogens (tertiary/aromatic N) is 3. The van der Waals surface area contributed by atoms with Crippen LogP contribution < -0.4 is 18.9 Å². The number of ether oxygens (including phenoxy) is 4. The van der Waals surface area contributed by atoms with Crippen molar-refractivity contribution in [1.29, 1.82) is 0 Å².